The maximum atomic E-state index is 5.44. The minimum absolute atomic E-state index is 0. The summed E-state index contributed by atoms with van der Waals surface area (Å²) in [5.41, 5.74) is 2.36. The second-order valence-corrected chi connectivity index (χ2v) is 7.63. The molecule has 0 bridgehead atoms. The normalized spacial score (nSPS) is 14.6. The summed E-state index contributed by atoms with van der Waals surface area (Å²) in [6.45, 7) is 11.9. The summed E-state index contributed by atoms with van der Waals surface area (Å²) >= 11 is 0. The largest absolute Gasteiger partial charge is 0.496 e. The summed E-state index contributed by atoms with van der Waals surface area (Å²) in [5, 5.41) is 6.76. The van der Waals surface area contributed by atoms with Gasteiger partial charge in [0.2, 0.25) is 0 Å². The molecule has 0 aliphatic carbocycles. The summed E-state index contributed by atoms with van der Waals surface area (Å²) in [7, 11) is 1.71. The summed E-state index contributed by atoms with van der Waals surface area (Å²) in [6, 6.07) is 12.4. The van der Waals surface area contributed by atoms with Crippen LogP contribution in [-0.2, 0) is 13.0 Å². The lowest BCUT2D eigenvalue weighted by atomic mass is 10.1. The van der Waals surface area contributed by atoms with Gasteiger partial charge >= 0.3 is 0 Å². The highest BCUT2D eigenvalue weighted by atomic mass is 127. The van der Waals surface area contributed by atoms with Crippen LogP contribution in [0.3, 0.4) is 0 Å². The first kappa shape index (κ1) is 26.2. The molecule has 1 aromatic carbocycles. The molecule has 2 aromatic rings. The van der Waals surface area contributed by atoms with Gasteiger partial charge in [0.05, 0.1) is 13.7 Å². The molecule has 1 fully saturated rings. The Labute approximate surface area is 209 Å². The zero-order valence-corrected chi connectivity index (χ0v) is 21.8. The molecule has 2 heterocycles. The highest BCUT2D eigenvalue weighted by Crippen LogP contribution is 2.17. The smallest absolute Gasteiger partial charge is 0.191 e. The zero-order chi connectivity index (χ0) is 21.9. The minimum atomic E-state index is 0. The van der Waals surface area contributed by atoms with Crippen molar-refractivity contribution in [1.82, 2.24) is 20.5 Å². The summed E-state index contributed by atoms with van der Waals surface area (Å²) in [6.07, 6.45) is 2.77. The van der Waals surface area contributed by atoms with E-state index in [4.69, 9.17) is 9.73 Å². The molecular weight excluding hydrogens is 515 g/mol. The average molecular weight is 553 g/mol. The van der Waals surface area contributed by atoms with E-state index in [-0.39, 0.29) is 24.0 Å². The molecule has 1 aromatic heterocycles. The number of methoxy groups -OCH3 is 1. The second-order valence-electron chi connectivity index (χ2n) is 7.63. The number of halogens is 1. The van der Waals surface area contributed by atoms with Crippen LogP contribution in [0.5, 0.6) is 5.75 Å². The number of hydrogen-bond donors (Lipinski definition) is 2. The Bertz CT molecular complexity index is 839. The van der Waals surface area contributed by atoms with Gasteiger partial charge in [-0.15, -0.1) is 24.0 Å². The fraction of sp³-hybridized carbons (Fsp3) is 0.500. The molecule has 0 unspecified atom stereocenters. The molecule has 8 heteroatoms. The number of guanidine groups is 1. The molecule has 2 N–H and O–H groups in total. The van der Waals surface area contributed by atoms with Crippen molar-refractivity contribution < 1.29 is 4.74 Å². The molecular formula is C24H37IN6O. The van der Waals surface area contributed by atoms with Crippen molar-refractivity contribution in [2.75, 3.05) is 57.8 Å². The number of nitrogens with zero attached hydrogens (tertiary/aromatic N) is 4. The molecule has 1 aliphatic rings. The highest BCUT2D eigenvalue weighted by molar-refractivity contribution is 14.0. The number of piperazine rings is 1. The van der Waals surface area contributed by atoms with Crippen molar-refractivity contribution in [3.63, 3.8) is 0 Å². The van der Waals surface area contributed by atoms with Crippen molar-refractivity contribution >= 4 is 35.8 Å². The monoisotopic (exact) mass is 552 g/mol. The SMILES string of the molecule is CCNC(=NCc1ccnc(N2CCN(CC)CC2)c1)NCCc1ccccc1OC.I. The minimum Gasteiger partial charge on any atom is -0.496 e. The summed E-state index contributed by atoms with van der Waals surface area (Å²) < 4.78 is 5.44. The maximum absolute atomic E-state index is 5.44. The van der Waals surface area contributed by atoms with Crippen molar-refractivity contribution in [1.29, 1.82) is 0 Å². The molecule has 32 heavy (non-hydrogen) atoms. The number of anilines is 1. The van der Waals surface area contributed by atoms with Gasteiger partial charge in [-0.25, -0.2) is 9.98 Å². The quantitative estimate of drug-likeness (QED) is 0.283. The number of pyridine rings is 1. The molecule has 0 radical (unpaired) electrons. The van der Waals surface area contributed by atoms with Crippen LogP contribution in [0.2, 0.25) is 0 Å². The first-order valence-electron chi connectivity index (χ1n) is 11.3. The van der Waals surface area contributed by atoms with Crippen molar-refractivity contribution in [3.05, 3.63) is 53.7 Å². The Morgan fingerprint density at radius 2 is 1.88 bits per heavy atom. The first-order chi connectivity index (χ1) is 15.2. The van der Waals surface area contributed by atoms with Gasteiger partial charge in [0, 0.05) is 45.5 Å². The Morgan fingerprint density at radius 3 is 2.59 bits per heavy atom. The van der Waals surface area contributed by atoms with E-state index >= 15 is 0 Å². The molecule has 0 spiro atoms. The fourth-order valence-corrected chi connectivity index (χ4v) is 3.76. The van der Waals surface area contributed by atoms with Crippen LogP contribution in [-0.4, -0.2) is 68.8 Å². The second kappa shape index (κ2) is 14.2. The lowest BCUT2D eigenvalue weighted by Gasteiger charge is -2.34. The molecule has 0 atom stereocenters. The lowest BCUT2D eigenvalue weighted by Crippen LogP contribution is -2.46. The molecule has 3 rings (SSSR count). The van der Waals surface area contributed by atoms with Crippen molar-refractivity contribution in [2.24, 2.45) is 4.99 Å². The molecule has 1 aliphatic heterocycles. The number of para-hydroxylation sites is 1. The van der Waals surface area contributed by atoms with Crippen LogP contribution in [0, 0.1) is 0 Å². The van der Waals surface area contributed by atoms with Crippen molar-refractivity contribution in [2.45, 2.75) is 26.8 Å². The van der Waals surface area contributed by atoms with Crippen LogP contribution >= 0.6 is 24.0 Å². The van der Waals surface area contributed by atoms with Gasteiger partial charge in [0.25, 0.3) is 0 Å². The van der Waals surface area contributed by atoms with Crippen LogP contribution in [0.4, 0.5) is 5.82 Å². The van der Waals surface area contributed by atoms with E-state index in [1.165, 1.54) is 11.1 Å². The van der Waals surface area contributed by atoms with E-state index in [9.17, 15) is 0 Å². The third-order valence-corrected chi connectivity index (χ3v) is 5.60. The number of likely N-dealkylation sites (N-methyl/N-ethyl adjacent to an activating group) is 1. The molecule has 0 amide bonds. The predicted molar refractivity (Wildman–Crippen MR) is 143 cm³/mol. The third-order valence-electron chi connectivity index (χ3n) is 5.60. The molecule has 7 nitrogen and oxygen atoms in total. The molecule has 1 saturated heterocycles. The number of nitrogens with one attached hydrogen (secondary N) is 2. The topological polar surface area (TPSA) is 65.0 Å². The van der Waals surface area contributed by atoms with Crippen LogP contribution in [0.15, 0.2) is 47.6 Å². The fourth-order valence-electron chi connectivity index (χ4n) is 3.76. The van der Waals surface area contributed by atoms with Crippen molar-refractivity contribution in [3.8, 4) is 5.75 Å². The van der Waals surface area contributed by atoms with Crippen LogP contribution in [0.1, 0.15) is 25.0 Å². The van der Waals surface area contributed by atoms with E-state index < -0.39 is 0 Å². The van der Waals surface area contributed by atoms with Gasteiger partial charge in [-0.2, -0.15) is 0 Å². The summed E-state index contributed by atoms with van der Waals surface area (Å²) in [5.74, 6) is 2.81. The lowest BCUT2D eigenvalue weighted by molar-refractivity contribution is 0.270. The van der Waals surface area contributed by atoms with Gasteiger partial charge in [-0.1, -0.05) is 25.1 Å². The zero-order valence-electron chi connectivity index (χ0n) is 19.5. The average Bonchev–Trinajstić information content (AvgIpc) is 2.83. The van der Waals surface area contributed by atoms with Gasteiger partial charge in [0.15, 0.2) is 5.96 Å². The Kier molecular flexibility index (Phi) is 11.6. The number of benzene rings is 1. The predicted octanol–water partition coefficient (Wildman–Crippen LogP) is 3.15. The number of aromatic nitrogens is 1. The van der Waals surface area contributed by atoms with E-state index in [1.54, 1.807) is 7.11 Å². The van der Waals surface area contributed by atoms with Gasteiger partial charge in [0.1, 0.15) is 11.6 Å². The number of rotatable bonds is 9. The van der Waals surface area contributed by atoms with E-state index in [1.807, 2.05) is 30.5 Å². The van der Waals surface area contributed by atoms with Gasteiger partial charge < -0.3 is 25.2 Å². The van der Waals surface area contributed by atoms with Crippen LogP contribution in [0.25, 0.3) is 0 Å². The maximum Gasteiger partial charge on any atom is 0.191 e. The molecule has 176 valence electrons. The Hall–Kier alpha value is -2.07. The summed E-state index contributed by atoms with van der Waals surface area (Å²) in [4.78, 5) is 14.2. The third kappa shape index (κ3) is 7.81. The standard InChI is InChI=1S/C24H36N6O.HI/c1-4-25-24(27-13-11-21-8-6-7-9-22(21)31-3)28-19-20-10-12-26-23(18-20)30-16-14-29(5-2)15-17-30;/h6-10,12,18H,4-5,11,13-17,19H2,1-3H3,(H2,25,27,28);1H. The number of hydrogen-bond acceptors (Lipinski definition) is 5. The van der Waals surface area contributed by atoms with E-state index in [2.05, 4.69) is 51.4 Å². The molecule has 0 saturated carbocycles. The van der Waals surface area contributed by atoms with Gasteiger partial charge in [-0.3, -0.25) is 0 Å². The first-order valence-corrected chi connectivity index (χ1v) is 11.3. The highest BCUT2D eigenvalue weighted by Gasteiger charge is 2.16. The number of ether oxygens (including phenoxy) is 1. The van der Waals surface area contributed by atoms with Crippen LogP contribution < -0.4 is 20.3 Å². The van der Waals surface area contributed by atoms with E-state index in [0.29, 0.717) is 6.54 Å². The van der Waals surface area contributed by atoms with Gasteiger partial charge in [-0.05, 0) is 49.2 Å². The van der Waals surface area contributed by atoms with E-state index in [0.717, 1.165) is 69.8 Å². The Balaban J connectivity index is 0.00000363. The number of aliphatic imine (C=N–C) groups is 1. The Morgan fingerprint density at radius 1 is 1.09 bits per heavy atom.